The molecule has 0 N–H and O–H groups in total. The van der Waals surface area contributed by atoms with Gasteiger partial charge in [-0.2, -0.15) is 4.31 Å². The van der Waals surface area contributed by atoms with Crippen LogP contribution in [-0.2, 0) is 10.0 Å². The monoisotopic (exact) mass is 355 g/mol. The maximum absolute atomic E-state index is 12.6. The van der Waals surface area contributed by atoms with Gasteiger partial charge in [-0.05, 0) is 43.9 Å². The average molecular weight is 357 g/mol. The lowest BCUT2D eigenvalue weighted by atomic mass is 9.95. The lowest BCUT2D eigenvalue weighted by molar-refractivity contribution is 0.271. The SMILES string of the molecule is CC(Cl)C1CCN(S(=O)(=O)c2cc(Cl)ccc2Cl)CC1. The Labute approximate surface area is 134 Å². The van der Waals surface area contributed by atoms with Crippen molar-refractivity contribution in [3.8, 4) is 0 Å². The second kappa shape index (κ2) is 6.41. The van der Waals surface area contributed by atoms with E-state index in [0.29, 0.717) is 24.0 Å². The van der Waals surface area contributed by atoms with E-state index < -0.39 is 10.0 Å². The molecule has 7 heteroatoms. The van der Waals surface area contributed by atoms with Crippen LogP contribution in [0.5, 0.6) is 0 Å². The van der Waals surface area contributed by atoms with Crippen LogP contribution in [0.25, 0.3) is 0 Å². The minimum atomic E-state index is -3.59. The lowest BCUT2D eigenvalue weighted by Gasteiger charge is -2.32. The number of alkyl halides is 1. The molecule has 1 fully saturated rings. The molecule has 2 rings (SSSR count). The molecule has 0 amide bonds. The third-order valence-electron chi connectivity index (χ3n) is 3.66. The van der Waals surface area contributed by atoms with Gasteiger partial charge >= 0.3 is 0 Å². The first-order valence-electron chi connectivity index (χ1n) is 6.41. The molecule has 0 saturated carbocycles. The van der Waals surface area contributed by atoms with Gasteiger partial charge in [-0.1, -0.05) is 23.2 Å². The molecule has 1 heterocycles. The Kier molecular flexibility index (Phi) is 5.24. The Hall–Kier alpha value is -0.000000000000000111. The normalized spacial score (nSPS) is 20.0. The molecular formula is C13H16Cl3NO2S. The van der Waals surface area contributed by atoms with E-state index in [4.69, 9.17) is 34.8 Å². The number of nitrogens with zero attached hydrogens (tertiary/aromatic N) is 1. The van der Waals surface area contributed by atoms with Crippen LogP contribution in [0, 0.1) is 5.92 Å². The van der Waals surface area contributed by atoms with E-state index in [1.165, 1.54) is 16.4 Å². The van der Waals surface area contributed by atoms with Gasteiger partial charge in [0.1, 0.15) is 4.90 Å². The summed E-state index contributed by atoms with van der Waals surface area (Å²) in [6.07, 6.45) is 1.53. The Morgan fingerprint density at radius 1 is 1.25 bits per heavy atom. The summed E-state index contributed by atoms with van der Waals surface area (Å²) in [5.74, 6) is 0.359. The van der Waals surface area contributed by atoms with E-state index in [0.717, 1.165) is 12.8 Å². The molecule has 1 aromatic carbocycles. The maximum Gasteiger partial charge on any atom is 0.244 e. The maximum atomic E-state index is 12.6. The Bertz CT molecular complexity index is 581. The number of hydrogen-bond donors (Lipinski definition) is 0. The van der Waals surface area contributed by atoms with E-state index in [1.54, 1.807) is 6.07 Å². The zero-order valence-corrected chi connectivity index (χ0v) is 14.1. The van der Waals surface area contributed by atoms with Crippen LogP contribution >= 0.6 is 34.8 Å². The average Bonchev–Trinajstić information content (AvgIpc) is 2.41. The van der Waals surface area contributed by atoms with Gasteiger partial charge in [-0.3, -0.25) is 0 Å². The standard InChI is InChI=1S/C13H16Cl3NO2S/c1-9(14)10-4-6-17(7-5-10)20(18,19)13-8-11(15)2-3-12(13)16/h2-3,8-10H,4-7H2,1H3. The van der Waals surface area contributed by atoms with Crippen LogP contribution in [0.1, 0.15) is 19.8 Å². The summed E-state index contributed by atoms with van der Waals surface area (Å²) in [5, 5.41) is 0.620. The van der Waals surface area contributed by atoms with E-state index >= 15 is 0 Å². The topological polar surface area (TPSA) is 37.4 Å². The van der Waals surface area contributed by atoms with Crippen molar-refractivity contribution in [2.45, 2.75) is 30.0 Å². The summed E-state index contributed by atoms with van der Waals surface area (Å²) in [4.78, 5) is 0.0732. The number of rotatable bonds is 3. The Morgan fingerprint density at radius 2 is 1.85 bits per heavy atom. The highest BCUT2D eigenvalue weighted by molar-refractivity contribution is 7.89. The fourth-order valence-corrected chi connectivity index (χ4v) is 4.85. The predicted molar refractivity (Wildman–Crippen MR) is 83.3 cm³/mol. The van der Waals surface area contributed by atoms with Gasteiger partial charge in [0.25, 0.3) is 0 Å². The zero-order chi connectivity index (χ0) is 14.9. The first-order valence-corrected chi connectivity index (χ1v) is 9.05. The molecule has 20 heavy (non-hydrogen) atoms. The van der Waals surface area contributed by atoms with Crippen molar-refractivity contribution >= 4 is 44.8 Å². The summed E-state index contributed by atoms with van der Waals surface area (Å²) < 4.78 is 26.6. The van der Waals surface area contributed by atoms with Gasteiger partial charge in [0.2, 0.25) is 10.0 Å². The highest BCUT2D eigenvalue weighted by Gasteiger charge is 2.32. The molecule has 1 aliphatic heterocycles. The second-order valence-corrected chi connectivity index (χ2v) is 8.43. The third kappa shape index (κ3) is 3.42. The second-order valence-electron chi connectivity index (χ2n) is 4.99. The highest BCUT2D eigenvalue weighted by Crippen LogP contribution is 2.31. The highest BCUT2D eigenvalue weighted by atomic mass is 35.5. The van der Waals surface area contributed by atoms with Gasteiger partial charge in [0.05, 0.1) is 5.02 Å². The van der Waals surface area contributed by atoms with Crippen molar-refractivity contribution in [1.82, 2.24) is 4.31 Å². The Balaban J connectivity index is 2.22. The fraction of sp³-hybridized carbons (Fsp3) is 0.538. The van der Waals surface area contributed by atoms with Gasteiger partial charge in [0, 0.05) is 23.5 Å². The number of piperidine rings is 1. The van der Waals surface area contributed by atoms with Crippen LogP contribution in [0.15, 0.2) is 23.1 Å². The quantitative estimate of drug-likeness (QED) is 0.767. The van der Waals surface area contributed by atoms with Crippen LogP contribution in [0.4, 0.5) is 0 Å². The molecule has 0 bridgehead atoms. The van der Waals surface area contributed by atoms with Crippen LogP contribution in [0.2, 0.25) is 10.0 Å². The summed E-state index contributed by atoms with van der Waals surface area (Å²) in [7, 11) is -3.59. The van der Waals surface area contributed by atoms with Crippen molar-refractivity contribution in [1.29, 1.82) is 0 Å². The lowest BCUT2D eigenvalue weighted by Crippen LogP contribution is -2.40. The molecule has 0 spiro atoms. The minimum Gasteiger partial charge on any atom is -0.207 e. The fourth-order valence-electron chi connectivity index (χ4n) is 2.39. The molecule has 0 radical (unpaired) electrons. The summed E-state index contributed by atoms with van der Waals surface area (Å²) in [6, 6.07) is 4.48. The van der Waals surface area contributed by atoms with E-state index in [1.807, 2.05) is 6.92 Å². The summed E-state index contributed by atoms with van der Waals surface area (Å²) in [6.45, 7) is 2.88. The van der Waals surface area contributed by atoms with E-state index in [2.05, 4.69) is 0 Å². The van der Waals surface area contributed by atoms with Crippen LogP contribution in [0.3, 0.4) is 0 Å². The number of hydrogen-bond acceptors (Lipinski definition) is 2. The molecule has 1 saturated heterocycles. The first kappa shape index (κ1) is 16.4. The number of halogens is 3. The predicted octanol–water partition coefficient (Wildman–Crippen LogP) is 4.02. The molecule has 0 aromatic heterocycles. The molecule has 3 nitrogen and oxygen atoms in total. The number of sulfonamides is 1. The molecule has 1 aliphatic rings. The van der Waals surface area contributed by atoms with Gasteiger partial charge in [-0.15, -0.1) is 11.6 Å². The largest absolute Gasteiger partial charge is 0.244 e. The first-order chi connectivity index (χ1) is 9.32. The molecule has 112 valence electrons. The van der Waals surface area contributed by atoms with Crippen molar-refractivity contribution < 1.29 is 8.42 Å². The van der Waals surface area contributed by atoms with Gasteiger partial charge < -0.3 is 0 Å². The molecule has 1 aromatic rings. The zero-order valence-electron chi connectivity index (χ0n) is 11.0. The van der Waals surface area contributed by atoms with Crippen molar-refractivity contribution in [2.75, 3.05) is 13.1 Å². The summed E-state index contributed by atoms with van der Waals surface area (Å²) in [5.41, 5.74) is 0. The molecule has 0 aliphatic carbocycles. The van der Waals surface area contributed by atoms with Crippen molar-refractivity contribution in [2.24, 2.45) is 5.92 Å². The molecular weight excluding hydrogens is 341 g/mol. The summed E-state index contributed by atoms with van der Waals surface area (Å²) >= 11 is 17.9. The van der Waals surface area contributed by atoms with E-state index in [9.17, 15) is 8.42 Å². The van der Waals surface area contributed by atoms with Crippen molar-refractivity contribution in [3.63, 3.8) is 0 Å². The minimum absolute atomic E-state index is 0.0645. The van der Waals surface area contributed by atoms with Crippen LogP contribution in [-0.4, -0.2) is 31.2 Å². The molecule has 1 unspecified atom stereocenters. The third-order valence-corrected chi connectivity index (χ3v) is 6.63. The number of benzene rings is 1. The van der Waals surface area contributed by atoms with E-state index in [-0.39, 0.29) is 15.3 Å². The van der Waals surface area contributed by atoms with Gasteiger partial charge in [0.15, 0.2) is 0 Å². The van der Waals surface area contributed by atoms with Gasteiger partial charge in [-0.25, -0.2) is 8.42 Å². The van der Waals surface area contributed by atoms with Crippen LogP contribution < -0.4 is 0 Å². The smallest absolute Gasteiger partial charge is 0.207 e. The molecule has 1 atom stereocenters. The Morgan fingerprint density at radius 3 is 2.40 bits per heavy atom. The van der Waals surface area contributed by atoms with Crippen molar-refractivity contribution in [3.05, 3.63) is 28.2 Å².